The van der Waals surface area contributed by atoms with E-state index in [0.29, 0.717) is 12.8 Å². The highest BCUT2D eigenvalue weighted by Crippen LogP contribution is 2.43. The van der Waals surface area contributed by atoms with E-state index >= 15 is 0 Å². The van der Waals surface area contributed by atoms with Gasteiger partial charge in [0.15, 0.2) is 6.04 Å². The summed E-state index contributed by atoms with van der Waals surface area (Å²) >= 11 is 0. The SMILES string of the molecule is CCCCC/C=C\C/C=C\C/C=C\C/C=C\CCCCCCCCCC(=O)NC(COP(=O)(O)OCC(O)COC(=O)CCCCCCCCCCCCCCC/C=C/CCCCCCCC)C(=O)O. The molecule has 11 nitrogen and oxygen atoms in total. The third-order valence-electron chi connectivity index (χ3n) is 12.3. The first-order valence-electron chi connectivity index (χ1n) is 28.3. The highest BCUT2D eigenvalue weighted by atomic mass is 31.2. The zero-order valence-electron chi connectivity index (χ0n) is 44.6. The molecule has 0 bridgehead atoms. The number of esters is 1. The molecule has 0 aromatic heterocycles. The number of hydrogen-bond donors (Lipinski definition) is 4. The molecule has 3 atom stereocenters. The van der Waals surface area contributed by atoms with Crippen LogP contribution in [-0.4, -0.2) is 64.9 Å². The number of carbonyl (C=O) groups excluding carboxylic acids is 2. The Kier molecular flexibility index (Phi) is 50.4. The number of aliphatic hydroxyl groups is 1. The maximum atomic E-state index is 12.4. The summed E-state index contributed by atoms with van der Waals surface area (Å²) in [4.78, 5) is 46.3. The molecular weight excluding hydrogens is 902 g/mol. The molecule has 0 aliphatic rings. The molecule has 12 heteroatoms. The van der Waals surface area contributed by atoms with Gasteiger partial charge in [0, 0.05) is 12.8 Å². The number of rotatable bonds is 53. The van der Waals surface area contributed by atoms with Gasteiger partial charge in [-0.05, 0) is 83.5 Å². The van der Waals surface area contributed by atoms with E-state index in [1.54, 1.807) is 0 Å². The Hall–Kier alpha value is -2.82. The van der Waals surface area contributed by atoms with E-state index in [1.807, 2.05) is 0 Å². The van der Waals surface area contributed by atoms with Gasteiger partial charge >= 0.3 is 19.8 Å². The molecule has 0 spiro atoms. The predicted molar refractivity (Wildman–Crippen MR) is 291 cm³/mol. The van der Waals surface area contributed by atoms with Gasteiger partial charge < -0.3 is 25.2 Å². The zero-order valence-corrected chi connectivity index (χ0v) is 45.5. The van der Waals surface area contributed by atoms with Crippen LogP contribution in [-0.2, 0) is 32.7 Å². The van der Waals surface area contributed by atoms with Crippen LogP contribution in [0, 0.1) is 0 Å². The molecule has 0 saturated carbocycles. The summed E-state index contributed by atoms with van der Waals surface area (Å²) in [5.74, 6) is -2.38. The fourth-order valence-corrected chi connectivity index (χ4v) is 8.66. The third kappa shape index (κ3) is 51.5. The van der Waals surface area contributed by atoms with Crippen molar-refractivity contribution in [3.05, 3.63) is 60.8 Å². The smallest absolute Gasteiger partial charge is 0.472 e. The molecule has 0 aromatic carbocycles. The van der Waals surface area contributed by atoms with E-state index in [4.69, 9.17) is 13.8 Å². The quantitative estimate of drug-likeness (QED) is 0.0199. The van der Waals surface area contributed by atoms with Gasteiger partial charge in [0.1, 0.15) is 12.7 Å². The Bertz CT molecular complexity index is 1410. The van der Waals surface area contributed by atoms with Crippen molar-refractivity contribution in [2.45, 2.75) is 270 Å². The van der Waals surface area contributed by atoms with Crippen LogP contribution in [0.4, 0.5) is 0 Å². The second kappa shape index (κ2) is 52.5. The van der Waals surface area contributed by atoms with Crippen molar-refractivity contribution in [3.8, 4) is 0 Å². The molecule has 3 unspecified atom stereocenters. The number of hydrogen-bond acceptors (Lipinski definition) is 8. The van der Waals surface area contributed by atoms with Gasteiger partial charge in [0.05, 0.1) is 13.2 Å². The minimum atomic E-state index is -4.77. The fourth-order valence-electron chi connectivity index (χ4n) is 7.88. The number of carbonyl (C=O) groups is 3. The Balaban J connectivity index is 3.81. The van der Waals surface area contributed by atoms with E-state index in [1.165, 1.54) is 135 Å². The van der Waals surface area contributed by atoms with E-state index < -0.39 is 57.6 Å². The molecule has 1 amide bonds. The monoisotopic (exact) mass is 1010 g/mol. The van der Waals surface area contributed by atoms with Crippen molar-refractivity contribution in [1.82, 2.24) is 5.32 Å². The summed E-state index contributed by atoms with van der Waals surface area (Å²) in [5, 5.41) is 22.0. The molecule has 4 N–H and O–H groups in total. The maximum absolute atomic E-state index is 12.4. The van der Waals surface area contributed by atoms with Gasteiger partial charge in [-0.15, -0.1) is 0 Å². The van der Waals surface area contributed by atoms with E-state index in [0.717, 1.165) is 83.5 Å². The summed E-state index contributed by atoms with van der Waals surface area (Å²) in [6.45, 7) is 2.60. The molecule has 0 heterocycles. The van der Waals surface area contributed by atoms with Crippen molar-refractivity contribution >= 4 is 25.7 Å². The van der Waals surface area contributed by atoms with Crippen molar-refractivity contribution in [1.29, 1.82) is 0 Å². The first kappa shape index (κ1) is 67.2. The molecule has 70 heavy (non-hydrogen) atoms. The standard InChI is InChI=1S/C58H104NO10P/c1-3-5-7-9-11-13-15-17-19-21-23-25-27-29-31-33-35-37-39-41-43-45-47-49-56(61)59-55(58(63)64)53-69-70(65,66)68-52-54(60)51-67-57(62)50-48-46-44-42-40-38-36-34-32-30-28-26-24-22-20-18-16-14-12-10-8-6-4-2/h11,13,17-20,23,25,29,31,54-55,60H,3-10,12,14-16,21-22,24,26-28,30,32-53H2,1-2H3,(H,59,61)(H,63,64)(H,65,66)/b13-11-,19-17-,20-18+,25-23-,31-29-. The molecule has 0 rings (SSSR count). The Labute approximate surface area is 427 Å². The number of carboxylic acid groups (broad SMARTS) is 1. The topological polar surface area (TPSA) is 169 Å². The first-order valence-corrected chi connectivity index (χ1v) is 29.8. The largest absolute Gasteiger partial charge is 0.480 e. The predicted octanol–water partition coefficient (Wildman–Crippen LogP) is 16.2. The van der Waals surface area contributed by atoms with Crippen LogP contribution >= 0.6 is 7.82 Å². The number of aliphatic hydroxyl groups excluding tert-OH is 1. The molecule has 0 saturated heterocycles. The number of allylic oxidation sites excluding steroid dienone is 10. The average molecular weight is 1010 g/mol. The van der Waals surface area contributed by atoms with Gasteiger partial charge in [0.25, 0.3) is 0 Å². The normalized spacial score (nSPS) is 13.9. The van der Waals surface area contributed by atoms with Gasteiger partial charge in [-0.3, -0.25) is 18.6 Å². The third-order valence-corrected chi connectivity index (χ3v) is 13.2. The van der Waals surface area contributed by atoms with Crippen LogP contribution in [0.1, 0.15) is 258 Å². The lowest BCUT2D eigenvalue weighted by Gasteiger charge is -2.18. The van der Waals surface area contributed by atoms with Gasteiger partial charge in [0.2, 0.25) is 5.91 Å². The summed E-state index contributed by atoms with van der Waals surface area (Å²) in [7, 11) is -4.77. The Morgan fingerprint density at radius 3 is 1.21 bits per heavy atom. The van der Waals surface area contributed by atoms with Crippen molar-refractivity contribution < 1.29 is 47.8 Å². The summed E-state index contributed by atoms with van der Waals surface area (Å²) < 4.78 is 27.0. The van der Waals surface area contributed by atoms with Crippen LogP contribution in [0.15, 0.2) is 60.8 Å². The number of ether oxygens (including phenoxy) is 1. The van der Waals surface area contributed by atoms with Crippen LogP contribution in [0.2, 0.25) is 0 Å². The Morgan fingerprint density at radius 1 is 0.457 bits per heavy atom. The summed E-state index contributed by atoms with van der Waals surface area (Å²) in [6, 6.07) is -1.56. The fraction of sp³-hybridized carbons (Fsp3) is 0.776. The average Bonchev–Trinajstić information content (AvgIpc) is 3.34. The number of nitrogens with one attached hydrogen (secondary N) is 1. The number of phosphoric ester groups is 1. The van der Waals surface area contributed by atoms with Crippen molar-refractivity contribution in [2.75, 3.05) is 19.8 Å². The number of phosphoric acid groups is 1. The maximum Gasteiger partial charge on any atom is 0.472 e. The number of amides is 1. The molecule has 0 aliphatic heterocycles. The zero-order chi connectivity index (χ0) is 51.3. The second-order valence-corrected chi connectivity index (χ2v) is 20.6. The van der Waals surface area contributed by atoms with Gasteiger partial charge in [-0.1, -0.05) is 222 Å². The lowest BCUT2D eigenvalue weighted by atomic mass is 10.0. The first-order chi connectivity index (χ1) is 34.1. The lowest BCUT2D eigenvalue weighted by Crippen LogP contribution is -2.43. The van der Waals surface area contributed by atoms with Crippen LogP contribution in [0.25, 0.3) is 0 Å². The van der Waals surface area contributed by atoms with Crippen molar-refractivity contribution in [2.24, 2.45) is 0 Å². The van der Waals surface area contributed by atoms with Gasteiger partial charge in [-0.2, -0.15) is 0 Å². The van der Waals surface area contributed by atoms with E-state index in [2.05, 4.69) is 79.9 Å². The number of unbranched alkanes of at least 4 members (excludes halogenated alkanes) is 29. The molecular formula is C58H104NO10P. The van der Waals surface area contributed by atoms with E-state index in [9.17, 15) is 34.1 Å². The highest BCUT2D eigenvalue weighted by Gasteiger charge is 2.28. The highest BCUT2D eigenvalue weighted by molar-refractivity contribution is 7.47. The molecule has 406 valence electrons. The summed E-state index contributed by atoms with van der Waals surface area (Å²) in [5.41, 5.74) is 0. The van der Waals surface area contributed by atoms with Gasteiger partial charge in [-0.25, -0.2) is 9.36 Å². The van der Waals surface area contributed by atoms with Crippen LogP contribution < -0.4 is 5.32 Å². The Morgan fingerprint density at radius 2 is 0.786 bits per heavy atom. The number of aliphatic carboxylic acids is 1. The minimum Gasteiger partial charge on any atom is -0.480 e. The van der Waals surface area contributed by atoms with E-state index in [-0.39, 0.29) is 12.8 Å². The summed E-state index contributed by atoms with van der Waals surface area (Å²) in [6.07, 6.45) is 63.8. The minimum absolute atomic E-state index is 0.131. The number of carboxylic acids is 1. The second-order valence-electron chi connectivity index (χ2n) is 19.1. The van der Waals surface area contributed by atoms with Crippen LogP contribution in [0.3, 0.4) is 0 Å². The molecule has 0 fully saturated rings. The molecule has 0 aliphatic carbocycles. The van der Waals surface area contributed by atoms with Crippen LogP contribution in [0.5, 0.6) is 0 Å². The van der Waals surface area contributed by atoms with Crippen molar-refractivity contribution in [3.63, 3.8) is 0 Å². The molecule has 0 aromatic rings. The molecule has 0 radical (unpaired) electrons. The lowest BCUT2D eigenvalue weighted by molar-refractivity contribution is -0.147.